The van der Waals surface area contributed by atoms with Gasteiger partial charge in [-0.2, -0.15) is 0 Å². The van der Waals surface area contributed by atoms with Crippen LogP contribution in [0.2, 0.25) is 0 Å². The molecule has 1 aromatic heterocycles. The molecule has 11 heteroatoms. The fraction of sp³-hybridized carbons (Fsp3) is 0.100. The van der Waals surface area contributed by atoms with E-state index in [1.54, 1.807) is 6.92 Å². The van der Waals surface area contributed by atoms with Crippen LogP contribution in [0.5, 0.6) is 0 Å². The van der Waals surface area contributed by atoms with Crippen molar-refractivity contribution in [2.75, 3.05) is 4.90 Å². The third-order valence-corrected chi connectivity index (χ3v) is 5.52. The molecule has 4 rings (SSSR count). The van der Waals surface area contributed by atoms with Gasteiger partial charge in [-0.3, -0.25) is 24.6 Å². The predicted octanol–water partition coefficient (Wildman–Crippen LogP) is 3.52. The van der Waals surface area contributed by atoms with Gasteiger partial charge in [0.15, 0.2) is 0 Å². The summed E-state index contributed by atoms with van der Waals surface area (Å²) < 4.78 is 13.3. The maximum atomic E-state index is 13.3. The van der Waals surface area contributed by atoms with Gasteiger partial charge in [-0.25, -0.2) is 4.39 Å². The largest absolute Gasteiger partial charge is 0.507 e. The summed E-state index contributed by atoms with van der Waals surface area (Å²) in [7, 11) is 0. The fourth-order valence-corrected chi connectivity index (χ4v) is 4.01. The van der Waals surface area contributed by atoms with Crippen molar-refractivity contribution in [1.82, 2.24) is 10.2 Å². The van der Waals surface area contributed by atoms with Crippen molar-refractivity contribution >= 4 is 39.6 Å². The lowest BCUT2D eigenvalue weighted by Gasteiger charge is -2.22. The van der Waals surface area contributed by atoms with Gasteiger partial charge in [0.25, 0.3) is 11.5 Å². The first-order valence-electron chi connectivity index (χ1n) is 8.89. The highest BCUT2D eigenvalue weighted by Crippen LogP contribution is 2.43. The Morgan fingerprint density at radius 3 is 2.52 bits per heavy atom. The number of nitro benzene ring substituents is 1. The third kappa shape index (κ3) is 3.55. The minimum absolute atomic E-state index is 0.106. The zero-order valence-corrected chi connectivity index (χ0v) is 16.7. The quantitative estimate of drug-likeness (QED) is 0.216. The van der Waals surface area contributed by atoms with Gasteiger partial charge >= 0.3 is 5.91 Å². The molecule has 0 saturated carbocycles. The van der Waals surface area contributed by atoms with Gasteiger partial charge < -0.3 is 5.11 Å². The molecule has 0 radical (unpaired) electrons. The number of carbonyl (C=O) groups is 2. The number of aromatic nitrogens is 2. The van der Waals surface area contributed by atoms with Crippen LogP contribution in [0.15, 0.2) is 54.1 Å². The van der Waals surface area contributed by atoms with Crippen LogP contribution in [-0.4, -0.2) is 31.9 Å². The van der Waals surface area contributed by atoms with Crippen molar-refractivity contribution in [3.8, 4) is 0 Å². The molecule has 1 aliphatic heterocycles. The molecule has 2 heterocycles. The first kappa shape index (κ1) is 20.3. The summed E-state index contributed by atoms with van der Waals surface area (Å²) in [5.74, 6) is -3.03. The molecule has 0 aliphatic carbocycles. The Morgan fingerprint density at radius 2 is 1.90 bits per heavy atom. The van der Waals surface area contributed by atoms with E-state index in [0.29, 0.717) is 5.01 Å². The van der Waals surface area contributed by atoms with Crippen LogP contribution in [-0.2, 0) is 9.59 Å². The van der Waals surface area contributed by atoms with Gasteiger partial charge in [-0.05, 0) is 36.8 Å². The van der Waals surface area contributed by atoms with Crippen LogP contribution in [0.4, 0.5) is 15.2 Å². The summed E-state index contributed by atoms with van der Waals surface area (Å²) in [5.41, 5.74) is -0.198. The Hall–Kier alpha value is -3.99. The number of halogens is 1. The number of hydrogen-bond acceptors (Lipinski definition) is 8. The highest BCUT2D eigenvalue weighted by atomic mass is 32.1. The Morgan fingerprint density at radius 1 is 1.19 bits per heavy atom. The lowest BCUT2D eigenvalue weighted by molar-refractivity contribution is -0.384. The van der Waals surface area contributed by atoms with Crippen molar-refractivity contribution < 1.29 is 24.0 Å². The van der Waals surface area contributed by atoms with E-state index in [9.17, 15) is 29.2 Å². The van der Waals surface area contributed by atoms with E-state index in [1.807, 2.05) is 0 Å². The zero-order chi connectivity index (χ0) is 22.3. The highest BCUT2D eigenvalue weighted by molar-refractivity contribution is 7.15. The maximum Gasteiger partial charge on any atom is 0.301 e. The number of aliphatic hydroxyl groups excluding tert-OH is 1. The van der Waals surface area contributed by atoms with Gasteiger partial charge in [-0.15, -0.1) is 10.2 Å². The standard InChI is InChI=1S/C20H13FN4O5S/c1-10-22-23-20(31-10)24-16(12-3-2-4-14(9-12)25(29)30)15(18(27)19(24)28)17(26)11-5-7-13(21)8-6-11/h2-9,16,26H,1H3/t16-/m1/s1. The number of carbonyl (C=O) groups excluding carboxylic acids is 2. The molecule has 1 saturated heterocycles. The Labute approximate surface area is 178 Å². The number of rotatable bonds is 4. The number of aliphatic hydroxyl groups is 1. The van der Waals surface area contributed by atoms with E-state index >= 15 is 0 Å². The lowest BCUT2D eigenvalue weighted by Crippen LogP contribution is -2.29. The van der Waals surface area contributed by atoms with E-state index in [4.69, 9.17) is 0 Å². The molecule has 1 atom stereocenters. The molecule has 1 fully saturated rings. The smallest absolute Gasteiger partial charge is 0.301 e. The first-order chi connectivity index (χ1) is 14.8. The Balaban J connectivity index is 1.96. The Kier molecular flexibility index (Phi) is 5.03. The molecule has 2 aromatic carbocycles. The summed E-state index contributed by atoms with van der Waals surface area (Å²) in [6, 6.07) is 8.94. The molecular weight excluding hydrogens is 427 g/mol. The number of aryl methyl sites for hydroxylation is 1. The Bertz CT molecular complexity index is 1250. The monoisotopic (exact) mass is 440 g/mol. The number of hydrogen-bond donors (Lipinski definition) is 1. The number of Topliss-reactive ketones (excluding diaryl/α,β-unsaturated/α-hetero) is 1. The summed E-state index contributed by atoms with van der Waals surface area (Å²) in [4.78, 5) is 37.5. The molecule has 3 aromatic rings. The molecule has 31 heavy (non-hydrogen) atoms. The second-order valence-electron chi connectivity index (χ2n) is 6.63. The molecule has 0 bridgehead atoms. The van der Waals surface area contributed by atoms with Gasteiger partial charge in [0.1, 0.15) is 16.6 Å². The molecule has 156 valence electrons. The molecule has 9 nitrogen and oxygen atoms in total. The van der Waals surface area contributed by atoms with Crippen LogP contribution in [0.3, 0.4) is 0 Å². The topological polar surface area (TPSA) is 127 Å². The van der Waals surface area contributed by atoms with Crippen molar-refractivity contribution in [2.45, 2.75) is 13.0 Å². The SMILES string of the molecule is Cc1nnc(N2C(=O)C(=O)C(=C(O)c3ccc(F)cc3)[C@H]2c2cccc([N+](=O)[O-])c2)s1. The highest BCUT2D eigenvalue weighted by Gasteiger charge is 2.48. The first-order valence-corrected chi connectivity index (χ1v) is 9.71. The zero-order valence-electron chi connectivity index (χ0n) is 15.9. The number of non-ortho nitro benzene ring substituents is 1. The van der Waals surface area contributed by atoms with Gasteiger partial charge in [0.05, 0.1) is 16.5 Å². The normalized spacial score (nSPS) is 17.9. The molecule has 1 amide bonds. The van der Waals surface area contributed by atoms with Gasteiger partial charge in [-0.1, -0.05) is 23.5 Å². The predicted molar refractivity (Wildman–Crippen MR) is 109 cm³/mol. The number of amides is 1. The second-order valence-corrected chi connectivity index (χ2v) is 7.79. The van der Waals surface area contributed by atoms with Gasteiger partial charge in [0, 0.05) is 17.7 Å². The van der Waals surface area contributed by atoms with Gasteiger partial charge in [0.2, 0.25) is 5.13 Å². The van der Waals surface area contributed by atoms with Crippen molar-refractivity contribution in [1.29, 1.82) is 0 Å². The number of anilines is 1. The molecule has 0 unspecified atom stereocenters. The number of benzene rings is 2. The number of nitro groups is 1. The minimum atomic E-state index is -1.18. The summed E-state index contributed by atoms with van der Waals surface area (Å²) >= 11 is 1.05. The van der Waals surface area contributed by atoms with Crippen molar-refractivity contribution in [2.24, 2.45) is 0 Å². The maximum absolute atomic E-state index is 13.3. The van der Waals surface area contributed by atoms with Crippen LogP contribution < -0.4 is 4.90 Å². The van der Waals surface area contributed by atoms with E-state index in [2.05, 4.69) is 10.2 Å². The van der Waals surface area contributed by atoms with E-state index in [0.717, 1.165) is 28.4 Å². The average molecular weight is 440 g/mol. The number of ketones is 1. The lowest BCUT2D eigenvalue weighted by atomic mass is 9.95. The van der Waals surface area contributed by atoms with E-state index in [1.165, 1.54) is 36.4 Å². The average Bonchev–Trinajstić information content (AvgIpc) is 3.29. The third-order valence-electron chi connectivity index (χ3n) is 4.68. The second kappa shape index (κ2) is 7.69. The summed E-state index contributed by atoms with van der Waals surface area (Å²) in [5, 5.41) is 30.6. The van der Waals surface area contributed by atoms with Crippen LogP contribution in [0, 0.1) is 22.9 Å². The van der Waals surface area contributed by atoms with Crippen LogP contribution in [0.25, 0.3) is 5.76 Å². The molecular formula is C20H13FN4O5S. The summed E-state index contributed by atoms with van der Waals surface area (Å²) in [6.07, 6.45) is 0. The number of nitrogens with zero attached hydrogens (tertiary/aromatic N) is 4. The van der Waals surface area contributed by atoms with Crippen molar-refractivity contribution in [3.05, 3.63) is 86.2 Å². The fourth-order valence-electron chi connectivity index (χ4n) is 3.30. The molecule has 0 spiro atoms. The van der Waals surface area contributed by atoms with Crippen LogP contribution in [0.1, 0.15) is 22.2 Å². The minimum Gasteiger partial charge on any atom is -0.507 e. The van der Waals surface area contributed by atoms with Crippen LogP contribution >= 0.6 is 11.3 Å². The molecule has 1 aliphatic rings. The van der Waals surface area contributed by atoms with E-state index in [-0.39, 0.29) is 27.5 Å². The van der Waals surface area contributed by atoms with Crippen molar-refractivity contribution in [3.63, 3.8) is 0 Å². The van der Waals surface area contributed by atoms with E-state index < -0.39 is 34.2 Å². The molecule has 1 N–H and O–H groups in total. The summed E-state index contributed by atoms with van der Waals surface area (Å²) in [6.45, 7) is 1.67.